The van der Waals surface area contributed by atoms with Crippen molar-refractivity contribution in [2.75, 3.05) is 13.1 Å². The monoisotopic (exact) mass is 307 g/mol. The molecule has 1 fully saturated rings. The summed E-state index contributed by atoms with van der Waals surface area (Å²) < 4.78 is 0. The Hall–Kier alpha value is -0.480. The molecular formula is C12H16Cl3N3. The Bertz CT molecular complexity index is 506. The summed E-state index contributed by atoms with van der Waals surface area (Å²) in [6, 6.07) is 5.87. The highest BCUT2D eigenvalue weighted by atomic mass is 35.5. The molecule has 6 heteroatoms. The zero-order valence-electron chi connectivity index (χ0n) is 9.78. The molecule has 0 radical (unpaired) electrons. The van der Waals surface area contributed by atoms with Gasteiger partial charge < -0.3 is 5.32 Å². The number of rotatable bonds is 1. The van der Waals surface area contributed by atoms with Gasteiger partial charge in [0.05, 0.1) is 5.52 Å². The third-order valence-electron chi connectivity index (χ3n) is 3.29. The first-order chi connectivity index (χ1) is 7.84. The lowest BCUT2D eigenvalue weighted by molar-refractivity contribution is 0.454. The lowest BCUT2D eigenvalue weighted by Gasteiger charge is -2.21. The van der Waals surface area contributed by atoms with Crippen LogP contribution >= 0.6 is 36.4 Å². The van der Waals surface area contributed by atoms with E-state index in [-0.39, 0.29) is 24.8 Å². The quantitative estimate of drug-likeness (QED) is 0.846. The number of piperidine rings is 1. The Morgan fingerprint density at radius 3 is 2.61 bits per heavy atom. The topological polar surface area (TPSA) is 40.7 Å². The molecule has 0 unspecified atom stereocenters. The molecule has 0 bridgehead atoms. The Balaban J connectivity index is 0.000000810. The van der Waals surface area contributed by atoms with Crippen LogP contribution in [0.25, 0.3) is 10.9 Å². The number of hydrogen-bond acceptors (Lipinski definition) is 2. The van der Waals surface area contributed by atoms with Crippen molar-refractivity contribution in [2.24, 2.45) is 0 Å². The zero-order chi connectivity index (χ0) is 11.0. The minimum Gasteiger partial charge on any atom is -0.317 e. The molecule has 0 atom stereocenters. The third-order valence-corrected chi connectivity index (χ3v) is 3.53. The van der Waals surface area contributed by atoms with E-state index in [0.29, 0.717) is 5.92 Å². The van der Waals surface area contributed by atoms with E-state index in [4.69, 9.17) is 11.6 Å². The molecule has 2 aromatic rings. The zero-order valence-corrected chi connectivity index (χ0v) is 12.2. The van der Waals surface area contributed by atoms with Crippen LogP contribution in [-0.2, 0) is 0 Å². The summed E-state index contributed by atoms with van der Waals surface area (Å²) in [5.41, 5.74) is 2.26. The van der Waals surface area contributed by atoms with Crippen LogP contribution in [0.3, 0.4) is 0 Å². The van der Waals surface area contributed by atoms with E-state index in [0.717, 1.165) is 23.6 Å². The fourth-order valence-electron chi connectivity index (χ4n) is 2.42. The highest BCUT2D eigenvalue weighted by Crippen LogP contribution is 2.30. The van der Waals surface area contributed by atoms with Gasteiger partial charge in [-0.2, -0.15) is 5.10 Å². The molecule has 2 heterocycles. The number of benzene rings is 1. The first-order valence-electron chi connectivity index (χ1n) is 5.69. The van der Waals surface area contributed by atoms with E-state index < -0.39 is 0 Å². The van der Waals surface area contributed by atoms with E-state index in [1.54, 1.807) is 0 Å². The van der Waals surface area contributed by atoms with Crippen LogP contribution in [0.1, 0.15) is 24.5 Å². The Morgan fingerprint density at radius 2 is 1.89 bits per heavy atom. The normalized spacial score (nSPS) is 16.1. The molecule has 3 rings (SSSR count). The molecular weight excluding hydrogens is 293 g/mol. The standard InChI is InChI=1S/C12H14ClN3.2ClH/c13-9-1-2-11-10(7-9)12(16-15-11)8-3-5-14-6-4-8;;/h1-2,7-8,14H,3-6H2,(H,15,16);2*1H. The number of H-pyrrole nitrogens is 1. The summed E-state index contributed by atoms with van der Waals surface area (Å²) in [6.45, 7) is 2.18. The van der Waals surface area contributed by atoms with E-state index in [9.17, 15) is 0 Å². The maximum atomic E-state index is 6.03. The maximum absolute atomic E-state index is 6.03. The molecule has 3 nitrogen and oxygen atoms in total. The van der Waals surface area contributed by atoms with E-state index in [1.165, 1.54) is 23.9 Å². The highest BCUT2D eigenvalue weighted by molar-refractivity contribution is 6.31. The Morgan fingerprint density at radius 1 is 1.17 bits per heavy atom. The summed E-state index contributed by atoms with van der Waals surface area (Å²) in [7, 11) is 0. The number of aromatic amines is 1. The molecule has 1 aromatic carbocycles. The van der Waals surface area contributed by atoms with E-state index in [2.05, 4.69) is 15.5 Å². The number of fused-ring (bicyclic) bond motifs is 1. The van der Waals surface area contributed by atoms with Gasteiger partial charge in [0.1, 0.15) is 0 Å². The fourth-order valence-corrected chi connectivity index (χ4v) is 2.60. The highest BCUT2D eigenvalue weighted by Gasteiger charge is 2.19. The summed E-state index contributed by atoms with van der Waals surface area (Å²) in [5, 5.41) is 12.8. The summed E-state index contributed by atoms with van der Waals surface area (Å²) in [5.74, 6) is 0.588. The van der Waals surface area contributed by atoms with Crippen LogP contribution < -0.4 is 5.32 Å². The van der Waals surface area contributed by atoms with Gasteiger partial charge in [-0.3, -0.25) is 5.10 Å². The van der Waals surface area contributed by atoms with Gasteiger partial charge in [-0.25, -0.2) is 0 Å². The van der Waals surface area contributed by atoms with Crippen molar-refractivity contribution in [3.63, 3.8) is 0 Å². The molecule has 0 aliphatic carbocycles. The van der Waals surface area contributed by atoms with Crippen LogP contribution in [0.2, 0.25) is 5.02 Å². The number of nitrogens with zero attached hydrogens (tertiary/aromatic N) is 1. The number of halogens is 3. The largest absolute Gasteiger partial charge is 0.317 e. The van der Waals surface area contributed by atoms with Gasteiger partial charge in [0.15, 0.2) is 0 Å². The van der Waals surface area contributed by atoms with E-state index in [1.807, 2.05) is 18.2 Å². The van der Waals surface area contributed by atoms with Crippen molar-refractivity contribution in [1.29, 1.82) is 0 Å². The van der Waals surface area contributed by atoms with Crippen molar-refractivity contribution in [1.82, 2.24) is 15.5 Å². The molecule has 2 N–H and O–H groups in total. The van der Waals surface area contributed by atoms with Crippen LogP contribution in [-0.4, -0.2) is 23.3 Å². The minimum atomic E-state index is 0. The van der Waals surface area contributed by atoms with E-state index >= 15 is 0 Å². The molecule has 1 aliphatic heterocycles. The Kier molecular flexibility index (Phi) is 5.73. The third kappa shape index (κ3) is 2.91. The average Bonchev–Trinajstić information content (AvgIpc) is 2.73. The first kappa shape index (κ1) is 15.6. The van der Waals surface area contributed by atoms with Gasteiger partial charge in [-0.15, -0.1) is 24.8 Å². The maximum Gasteiger partial charge on any atom is 0.0924 e. The number of hydrogen-bond donors (Lipinski definition) is 2. The summed E-state index contributed by atoms with van der Waals surface area (Å²) >= 11 is 6.03. The van der Waals surface area contributed by atoms with Gasteiger partial charge in [0, 0.05) is 22.0 Å². The van der Waals surface area contributed by atoms with Gasteiger partial charge in [-0.1, -0.05) is 11.6 Å². The molecule has 1 aliphatic rings. The van der Waals surface area contributed by atoms with Crippen molar-refractivity contribution < 1.29 is 0 Å². The lowest BCUT2D eigenvalue weighted by atomic mass is 9.93. The second-order valence-corrected chi connectivity index (χ2v) is 4.76. The molecule has 1 saturated heterocycles. The first-order valence-corrected chi connectivity index (χ1v) is 6.06. The average molecular weight is 309 g/mol. The lowest BCUT2D eigenvalue weighted by Crippen LogP contribution is -2.26. The minimum absolute atomic E-state index is 0. The van der Waals surface area contributed by atoms with Gasteiger partial charge in [0.2, 0.25) is 0 Å². The second kappa shape index (κ2) is 6.62. The van der Waals surface area contributed by atoms with Crippen LogP contribution in [0.15, 0.2) is 18.2 Å². The summed E-state index contributed by atoms with van der Waals surface area (Å²) in [6.07, 6.45) is 2.34. The fraction of sp³-hybridized carbons (Fsp3) is 0.417. The summed E-state index contributed by atoms with van der Waals surface area (Å²) in [4.78, 5) is 0. The van der Waals surface area contributed by atoms with Crippen molar-refractivity contribution in [3.8, 4) is 0 Å². The molecule has 18 heavy (non-hydrogen) atoms. The predicted molar refractivity (Wildman–Crippen MR) is 80.4 cm³/mol. The predicted octanol–water partition coefficient (Wildman–Crippen LogP) is 3.53. The van der Waals surface area contributed by atoms with Gasteiger partial charge in [0.25, 0.3) is 0 Å². The molecule has 1 aromatic heterocycles. The molecule has 100 valence electrons. The van der Waals surface area contributed by atoms with Crippen molar-refractivity contribution >= 4 is 47.3 Å². The second-order valence-electron chi connectivity index (χ2n) is 4.32. The van der Waals surface area contributed by atoms with Crippen LogP contribution in [0.5, 0.6) is 0 Å². The van der Waals surface area contributed by atoms with Crippen LogP contribution in [0.4, 0.5) is 0 Å². The Labute approximate surface area is 123 Å². The smallest absolute Gasteiger partial charge is 0.0924 e. The van der Waals surface area contributed by atoms with Crippen molar-refractivity contribution in [3.05, 3.63) is 28.9 Å². The van der Waals surface area contributed by atoms with Gasteiger partial charge >= 0.3 is 0 Å². The number of nitrogens with one attached hydrogen (secondary N) is 2. The van der Waals surface area contributed by atoms with Gasteiger partial charge in [-0.05, 0) is 44.1 Å². The number of aromatic nitrogens is 2. The molecule has 0 spiro atoms. The SMILES string of the molecule is Cl.Cl.Clc1ccc2n[nH]c(C3CCNCC3)c2c1. The van der Waals surface area contributed by atoms with Crippen LogP contribution in [0, 0.1) is 0 Å². The molecule has 0 saturated carbocycles. The van der Waals surface area contributed by atoms with Crippen molar-refractivity contribution in [2.45, 2.75) is 18.8 Å². The molecule has 0 amide bonds.